The van der Waals surface area contributed by atoms with Crippen LogP contribution in [-0.2, 0) is 0 Å². The Morgan fingerprint density at radius 3 is 1.13 bits per heavy atom. The van der Waals surface area contributed by atoms with E-state index >= 15 is 0 Å². The summed E-state index contributed by atoms with van der Waals surface area (Å²) < 4.78 is 0. The van der Waals surface area contributed by atoms with Gasteiger partial charge in [-0.3, -0.25) is 0 Å². The molecule has 1 aromatic heterocycles. The molecule has 0 aliphatic heterocycles. The Labute approximate surface area is 313 Å². The second-order valence-electron chi connectivity index (χ2n) is 13.6. The third kappa shape index (κ3) is 5.60. The highest BCUT2D eigenvalue weighted by Gasteiger charge is 2.18. The lowest BCUT2D eigenvalue weighted by Gasteiger charge is -2.17. The van der Waals surface area contributed by atoms with E-state index in [1.54, 1.807) is 0 Å². The fraction of sp³-hybridized carbons (Fsp3) is 0. The van der Waals surface area contributed by atoms with E-state index in [9.17, 15) is 0 Å². The summed E-state index contributed by atoms with van der Waals surface area (Å²) in [6, 6.07) is 70.7. The summed E-state index contributed by atoms with van der Waals surface area (Å²) in [6.07, 6.45) is 0. The van der Waals surface area contributed by atoms with E-state index in [-0.39, 0.29) is 0 Å². The van der Waals surface area contributed by atoms with Crippen molar-refractivity contribution in [2.24, 2.45) is 0 Å². The molecule has 10 rings (SSSR count). The van der Waals surface area contributed by atoms with Crippen LogP contribution >= 0.6 is 0 Å². The molecule has 0 aliphatic rings. The molecule has 0 aliphatic carbocycles. The predicted molar refractivity (Wildman–Crippen MR) is 225 cm³/mol. The van der Waals surface area contributed by atoms with E-state index in [0.29, 0.717) is 17.5 Å². The van der Waals surface area contributed by atoms with Gasteiger partial charge in [0.05, 0.1) is 0 Å². The largest absolute Gasteiger partial charge is 0.208 e. The number of rotatable bonds is 6. The van der Waals surface area contributed by atoms with Crippen molar-refractivity contribution in [2.75, 3.05) is 0 Å². The van der Waals surface area contributed by atoms with Gasteiger partial charge in [-0.15, -0.1) is 0 Å². The van der Waals surface area contributed by atoms with E-state index in [1.165, 1.54) is 43.4 Å². The second kappa shape index (κ2) is 13.4. The van der Waals surface area contributed by atoms with Crippen LogP contribution in [-0.4, -0.2) is 15.0 Å². The molecule has 0 amide bonds. The van der Waals surface area contributed by atoms with Crippen LogP contribution in [0.25, 0.3) is 99.9 Å². The number of nitrogens with zero attached hydrogens (tertiary/aromatic N) is 3. The molecule has 0 saturated heterocycles. The van der Waals surface area contributed by atoms with Crippen molar-refractivity contribution < 1.29 is 0 Å². The molecular weight excluding hydrogens is 655 g/mol. The van der Waals surface area contributed by atoms with Crippen LogP contribution in [0.2, 0.25) is 0 Å². The minimum absolute atomic E-state index is 0.637. The first-order chi connectivity index (χ1) is 26.8. The lowest BCUT2D eigenvalue weighted by atomic mass is 9.88. The van der Waals surface area contributed by atoms with Crippen molar-refractivity contribution in [3.05, 3.63) is 200 Å². The normalized spacial score (nSPS) is 11.3. The van der Waals surface area contributed by atoms with E-state index < -0.39 is 0 Å². The maximum Gasteiger partial charge on any atom is 0.164 e. The number of hydrogen-bond acceptors (Lipinski definition) is 3. The van der Waals surface area contributed by atoms with Gasteiger partial charge in [0.25, 0.3) is 0 Å². The third-order valence-corrected chi connectivity index (χ3v) is 10.3. The van der Waals surface area contributed by atoms with E-state index in [4.69, 9.17) is 15.0 Å². The number of benzene rings is 9. The Morgan fingerprint density at radius 2 is 0.574 bits per heavy atom. The Morgan fingerprint density at radius 1 is 0.204 bits per heavy atom. The zero-order chi connectivity index (χ0) is 35.8. The zero-order valence-corrected chi connectivity index (χ0v) is 29.4. The highest BCUT2D eigenvalue weighted by molar-refractivity contribution is 6.26. The van der Waals surface area contributed by atoms with Gasteiger partial charge in [0.2, 0.25) is 0 Å². The Hall–Kier alpha value is -7.23. The van der Waals surface area contributed by atoms with Gasteiger partial charge < -0.3 is 0 Å². The van der Waals surface area contributed by atoms with Crippen molar-refractivity contribution in [3.8, 4) is 67.5 Å². The van der Waals surface area contributed by atoms with Crippen LogP contribution in [0, 0.1) is 0 Å². The number of hydrogen-bond donors (Lipinski definition) is 0. The maximum atomic E-state index is 5.10. The first-order valence-corrected chi connectivity index (χ1v) is 18.3. The molecule has 1 heterocycles. The molecule has 0 saturated carbocycles. The molecule has 9 aromatic carbocycles. The molecule has 3 heteroatoms. The van der Waals surface area contributed by atoms with E-state index in [2.05, 4.69) is 140 Å². The molecule has 54 heavy (non-hydrogen) atoms. The van der Waals surface area contributed by atoms with Crippen LogP contribution in [0.5, 0.6) is 0 Å². The highest BCUT2D eigenvalue weighted by Crippen LogP contribution is 2.42. The molecule has 0 fully saturated rings. The molecular formula is C51H33N3. The summed E-state index contributed by atoms with van der Waals surface area (Å²) >= 11 is 0. The van der Waals surface area contributed by atoms with Crippen LogP contribution < -0.4 is 0 Å². The SMILES string of the molecule is c1ccc(-c2ccc3c4ccccc4c4ccc(-c5ccccc5-c5ccccc5-c5nc(-c6ccccc6)nc(-c6ccccc6)n5)cc4c3c2)cc1. The Bertz CT molecular complexity index is 2920. The molecule has 0 N–H and O–H groups in total. The first kappa shape index (κ1) is 31.5. The van der Waals surface area contributed by atoms with E-state index in [0.717, 1.165) is 38.9 Å². The molecule has 0 bridgehead atoms. The second-order valence-corrected chi connectivity index (χ2v) is 13.6. The molecule has 0 radical (unpaired) electrons. The van der Waals surface area contributed by atoms with Crippen molar-refractivity contribution in [2.45, 2.75) is 0 Å². The standard InChI is InChI=1S/C51H33N3/c1-4-16-34(17-5-1)37-28-30-44-41-24-12-13-25-42(41)45-31-29-38(33-48(45)47(44)32-37)39-22-10-11-23-40(39)43-26-14-15-27-46(43)51-53-49(35-18-6-2-7-19-35)52-50(54-51)36-20-8-3-9-21-36/h1-33H. The lowest BCUT2D eigenvalue weighted by Crippen LogP contribution is -2.01. The monoisotopic (exact) mass is 687 g/mol. The van der Waals surface area contributed by atoms with Gasteiger partial charge in [0.1, 0.15) is 0 Å². The zero-order valence-electron chi connectivity index (χ0n) is 29.4. The molecule has 10 aromatic rings. The lowest BCUT2D eigenvalue weighted by molar-refractivity contribution is 1.07. The van der Waals surface area contributed by atoms with Crippen LogP contribution in [0.3, 0.4) is 0 Å². The minimum atomic E-state index is 0.637. The van der Waals surface area contributed by atoms with Gasteiger partial charge in [-0.25, -0.2) is 15.0 Å². The molecule has 0 unspecified atom stereocenters. The van der Waals surface area contributed by atoms with Gasteiger partial charge in [-0.1, -0.05) is 188 Å². The van der Waals surface area contributed by atoms with Crippen molar-refractivity contribution in [1.82, 2.24) is 15.0 Å². The summed E-state index contributed by atoms with van der Waals surface area (Å²) in [5.41, 5.74) is 9.74. The summed E-state index contributed by atoms with van der Waals surface area (Å²) in [4.78, 5) is 15.2. The van der Waals surface area contributed by atoms with E-state index in [1.807, 2.05) is 60.7 Å². The molecule has 252 valence electrons. The van der Waals surface area contributed by atoms with Gasteiger partial charge in [-0.2, -0.15) is 0 Å². The molecule has 0 spiro atoms. The number of aromatic nitrogens is 3. The highest BCUT2D eigenvalue weighted by atomic mass is 15.0. The minimum Gasteiger partial charge on any atom is -0.208 e. The fourth-order valence-electron chi connectivity index (χ4n) is 7.75. The van der Waals surface area contributed by atoms with Crippen molar-refractivity contribution in [3.63, 3.8) is 0 Å². The first-order valence-electron chi connectivity index (χ1n) is 18.3. The predicted octanol–water partition coefficient (Wildman–Crippen LogP) is 13.3. The summed E-state index contributed by atoms with van der Waals surface area (Å²) in [6.45, 7) is 0. The van der Waals surface area contributed by atoms with Crippen molar-refractivity contribution in [1.29, 1.82) is 0 Å². The van der Waals surface area contributed by atoms with Crippen molar-refractivity contribution >= 4 is 32.3 Å². The Kier molecular flexibility index (Phi) is 7.81. The van der Waals surface area contributed by atoms with Gasteiger partial charge in [-0.05, 0) is 77.8 Å². The summed E-state index contributed by atoms with van der Waals surface area (Å²) in [5, 5.41) is 7.51. The van der Waals surface area contributed by atoms with Gasteiger partial charge >= 0.3 is 0 Å². The number of fused-ring (bicyclic) bond motifs is 6. The average molecular weight is 688 g/mol. The smallest absolute Gasteiger partial charge is 0.164 e. The Balaban J connectivity index is 1.17. The van der Waals surface area contributed by atoms with Crippen LogP contribution in [0.15, 0.2) is 200 Å². The maximum absolute atomic E-state index is 5.10. The van der Waals surface area contributed by atoms with Gasteiger partial charge in [0.15, 0.2) is 17.5 Å². The topological polar surface area (TPSA) is 38.7 Å². The van der Waals surface area contributed by atoms with Crippen LogP contribution in [0.4, 0.5) is 0 Å². The van der Waals surface area contributed by atoms with Crippen LogP contribution in [0.1, 0.15) is 0 Å². The average Bonchev–Trinajstić information content (AvgIpc) is 3.27. The summed E-state index contributed by atoms with van der Waals surface area (Å²) in [7, 11) is 0. The quantitative estimate of drug-likeness (QED) is 0.163. The molecule has 0 atom stereocenters. The van der Waals surface area contributed by atoms with Gasteiger partial charge in [0, 0.05) is 16.7 Å². The fourth-order valence-corrected chi connectivity index (χ4v) is 7.75. The molecule has 3 nitrogen and oxygen atoms in total. The third-order valence-electron chi connectivity index (χ3n) is 10.3. The summed E-state index contributed by atoms with van der Waals surface area (Å²) in [5.74, 6) is 1.93.